The highest BCUT2D eigenvalue weighted by atomic mass is 32.2. The van der Waals surface area contributed by atoms with Crippen LogP contribution in [0.3, 0.4) is 0 Å². The number of carbonyl (C=O) groups excluding carboxylic acids is 4. The number of hydrogen-bond acceptors (Lipinski definition) is 10. The lowest BCUT2D eigenvalue weighted by Gasteiger charge is -2.37. The van der Waals surface area contributed by atoms with E-state index in [1.165, 1.54) is 0 Å². The van der Waals surface area contributed by atoms with E-state index in [0.29, 0.717) is 56.4 Å². The number of nitrogens with zero attached hydrogens (tertiary/aromatic N) is 2. The van der Waals surface area contributed by atoms with Gasteiger partial charge in [0.05, 0.1) is 54.1 Å². The number of carbonyl (C=O) groups is 4. The fourth-order valence-electron chi connectivity index (χ4n) is 8.93. The third-order valence-electron chi connectivity index (χ3n) is 12.9. The van der Waals surface area contributed by atoms with Crippen LogP contribution in [0.1, 0.15) is 116 Å². The maximum absolute atomic E-state index is 14.8. The second-order valence-corrected chi connectivity index (χ2v) is 19.8. The molecule has 304 valence electrons. The highest BCUT2D eigenvalue weighted by molar-refractivity contribution is 7.91. The average molecular weight is 792 g/mol. The van der Waals surface area contributed by atoms with Crippen molar-refractivity contribution in [3.8, 4) is 11.5 Å². The van der Waals surface area contributed by atoms with Gasteiger partial charge in [0.1, 0.15) is 17.1 Å². The van der Waals surface area contributed by atoms with Crippen molar-refractivity contribution in [3.63, 3.8) is 0 Å². The molecule has 13 heteroatoms. The van der Waals surface area contributed by atoms with Crippen molar-refractivity contribution >= 4 is 44.5 Å². The molecule has 1 saturated heterocycles. The van der Waals surface area contributed by atoms with Gasteiger partial charge in [0.15, 0.2) is 5.78 Å². The number of Topliss-reactive ketones (excluding diaryl/α,β-unsaturated/α-hetero) is 1. The maximum atomic E-state index is 14.8. The minimum Gasteiger partial charge on any atom is -0.497 e. The number of nitrogens with one attached hydrogen (secondary N) is 1. The van der Waals surface area contributed by atoms with Crippen LogP contribution in [0.4, 0.5) is 0 Å². The van der Waals surface area contributed by atoms with Crippen LogP contribution in [0.15, 0.2) is 30.4 Å². The fourth-order valence-corrected chi connectivity index (χ4v) is 10.3. The molecule has 2 saturated carbocycles. The zero-order chi connectivity index (χ0) is 40.0. The molecule has 2 aromatic rings. The summed E-state index contributed by atoms with van der Waals surface area (Å²) < 4.78 is 46.0. The van der Waals surface area contributed by atoms with Crippen LogP contribution < -0.4 is 14.2 Å². The molecule has 0 radical (unpaired) electrons. The summed E-state index contributed by atoms with van der Waals surface area (Å²) >= 11 is 0. The molecule has 7 rings (SSSR count). The van der Waals surface area contributed by atoms with Crippen molar-refractivity contribution in [1.29, 1.82) is 0 Å². The minimum atomic E-state index is -3.94. The molecule has 2 aliphatic carbocycles. The molecule has 0 unspecified atom stereocenters. The summed E-state index contributed by atoms with van der Waals surface area (Å²) in [6.45, 7) is 7.94. The van der Waals surface area contributed by atoms with Gasteiger partial charge in [-0.3, -0.25) is 23.9 Å². The summed E-state index contributed by atoms with van der Waals surface area (Å²) in [5.74, 6) is -1.19. The molecule has 3 aliphatic heterocycles. The number of amides is 2. The molecule has 5 atom stereocenters. The molecule has 1 N–H and O–H groups in total. The third kappa shape index (κ3) is 7.81. The third-order valence-corrected chi connectivity index (χ3v) is 15.1. The molecular formula is C43H57N3O9S. The Kier molecular flexibility index (Phi) is 11.1. The number of ketones is 1. The van der Waals surface area contributed by atoms with Gasteiger partial charge in [-0.1, -0.05) is 45.8 Å². The largest absolute Gasteiger partial charge is 0.497 e. The summed E-state index contributed by atoms with van der Waals surface area (Å²) in [4.78, 5) is 63.4. The number of aryl methyl sites for hydroxylation is 2. The number of methoxy groups -OCH3 is 1. The van der Waals surface area contributed by atoms with Crippen molar-refractivity contribution in [2.45, 2.75) is 134 Å². The van der Waals surface area contributed by atoms with Crippen LogP contribution in [-0.2, 0) is 46.8 Å². The zero-order valence-electron chi connectivity index (χ0n) is 33.5. The van der Waals surface area contributed by atoms with Crippen LogP contribution in [0.5, 0.6) is 11.5 Å². The normalized spacial score (nSPS) is 29.3. The molecule has 1 aromatic carbocycles. The minimum absolute atomic E-state index is 0.0949. The number of fused-ring (bicyclic) bond motifs is 5. The van der Waals surface area contributed by atoms with E-state index in [9.17, 15) is 27.6 Å². The van der Waals surface area contributed by atoms with Crippen LogP contribution in [0.2, 0.25) is 0 Å². The fraction of sp³-hybridized carbons (Fsp3) is 0.651. The Morgan fingerprint density at radius 3 is 2.61 bits per heavy atom. The Morgan fingerprint density at radius 1 is 1.11 bits per heavy atom. The Hall–Kier alpha value is -4.00. The second kappa shape index (κ2) is 15.4. The molecule has 12 nitrogen and oxygen atoms in total. The Bertz CT molecular complexity index is 2040. The monoisotopic (exact) mass is 791 g/mol. The number of aromatic nitrogens is 1. The van der Waals surface area contributed by atoms with E-state index < -0.39 is 49.6 Å². The number of rotatable bonds is 9. The lowest BCUT2D eigenvalue weighted by Crippen LogP contribution is -2.48. The van der Waals surface area contributed by atoms with Gasteiger partial charge in [0.2, 0.25) is 21.8 Å². The predicted molar refractivity (Wildman–Crippen MR) is 210 cm³/mol. The van der Waals surface area contributed by atoms with Crippen molar-refractivity contribution < 1.29 is 41.8 Å². The van der Waals surface area contributed by atoms with E-state index in [1.54, 1.807) is 18.9 Å². The van der Waals surface area contributed by atoms with E-state index in [2.05, 4.69) is 4.72 Å². The van der Waals surface area contributed by atoms with Crippen molar-refractivity contribution in [3.05, 3.63) is 41.6 Å². The van der Waals surface area contributed by atoms with Crippen LogP contribution in [0.25, 0.3) is 10.9 Å². The first kappa shape index (κ1) is 40.2. The predicted octanol–water partition coefficient (Wildman–Crippen LogP) is 6.16. The van der Waals surface area contributed by atoms with Crippen molar-refractivity contribution in [2.24, 2.45) is 23.2 Å². The number of benzene rings is 1. The van der Waals surface area contributed by atoms with E-state index in [-0.39, 0.29) is 55.9 Å². The van der Waals surface area contributed by atoms with Crippen molar-refractivity contribution in [2.75, 3.05) is 20.3 Å². The summed E-state index contributed by atoms with van der Waals surface area (Å²) in [6.07, 6.45) is 10.6. The quantitative estimate of drug-likeness (QED) is 0.230. The van der Waals surface area contributed by atoms with E-state index in [1.807, 2.05) is 51.1 Å². The van der Waals surface area contributed by atoms with Crippen LogP contribution >= 0.6 is 0 Å². The Morgan fingerprint density at radius 2 is 1.89 bits per heavy atom. The Balaban J connectivity index is 1.24. The number of sulfonamides is 1. The topological polar surface area (TPSA) is 158 Å². The SMILES string of the molecule is CCc1nc2ccc(OC)cc2c2c1O[C@]1(CC2)C[C@H]2C(=O)C[C@]3(C(=O)NS(=O)(=O)C4(C)CC4)C[C@H]3/C=C\CCCCC[C@H](CC(=O)OCC(C)C)C(=O)N2C1. The average Bonchev–Trinajstić information content (AvgIpc) is 4.06. The standard InChI is InChI=1S/C43H57N3O9S/c1-6-33-38-31(32-21-30(53-5)14-15-34(32)44-33)16-17-42(55-38)23-35-36(47)24-43(40(50)45-56(51,52)41(4)18-19-41)22-29(43)13-11-9-7-8-10-12-28(39(49)46(35)26-42)20-37(48)54-25-27(2)3/h11,13-15,21,27-29,35H,6-10,12,16-20,22-26H2,1-5H3,(H,45,50)/b13-11-/t28-,29-,35+,42-,43-/m1/s1. The smallest absolute Gasteiger partial charge is 0.306 e. The molecule has 56 heavy (non-hydrogen) atoms. The highest BCUT2D eigenvalue weighted by Crippen LogP contribution is 2.58. The summed E-state index contributed by atoms with van der Waals surface area (Å²) in [5.41, 5.74) is 0.481. The lowest BCUT2D eigenvalue weighted by molar-refractivity contribution is -0.151. The number of esters is 1. The molecule has 1 aromatic heterocycles. The molecule has 3 fully saturated rings. The molecule has 5 aliphatic rings. The van der Waals surface area contributed by atoms with E-state index in [0.717, 1.165) is 47.8 Å². The summed E-state index contributed by atoms with van der Waals surface area (Å²) in [6, 6.07) is 4.85. The van der Waals surface area contributed by atoms with E-state index >= 15 is 0 Å². The van der Waals surface area contributed by atoms with Gasteiger partial charge >= 0.3 is 5.97 Å². The number of hydrogen-bond donors (Lipinski definition) is 1. The first-order valence-electron chi connectivity index (χ1n) is 20.5. The van der Waals surface area contributed by atoms with Crippen LogP contribution in [-0.4, -0.2) is 78.5 Å². The van der Waals surface area contributed by atoms with Gasteiger partial charge in [-0.2, -0.15) is 0 Å². The number of allylic oxidation sites excluding steroid dienone is 2. The molecule has 4 heterocycles. The lowest BCUT2D eigenvalue weighted by atomic mass is 9.85. The first-order valence-corrected chi connectivity index (χ1v) is 22.0. The zero-order valence-corrected chi connectivity index (χ0v) is 34.3. The van der Waals surface area contributed by atoms with E-state index in [4.69, 9.17) is 19.2 Å². The summed E-state index contributed by atoms with van der Waals surface area (Å²) in [5, 5.41) is 0.933. The molecule has 1 spiro atoms. The Labute approximate surface area is 330 Å². The molecular weight excluding hydrogens is 735 g/mol. The van der Waals surface area contributed by atoms with Crippen LogP contribution in [0, 0.1) is 23.2 Å². The van der Waals surface area contributed by atoms with Gasteiger partial charge in [-0.05, 0) is 94.7 Å². The molecule has 0 bridgehead atoms. The number of ether oxygens (including phenoxy) is 3. The molecule has 2 amide bonds. The summed E-state index contributed by atoms with van der Waals surface area (Å²) in [7, 11) is -2.32. The van der Waals surface area contributed by atoms with Gasteiger partial charge in [0, 0.05) is 29.7 Å². The number of pyridine rings is 1. The van der Waals surface area contributed by atoms with Crippen molar-refractivity contribution in [1.82, 2.24) is 14.6 Å². The maximum Gasteiger partial charge on any atom is 0.306 e. The van der Waals surface area contributed by atoms with Gasteiger partial charge in [0.25, 0.3) is 0 Å². The van der Waals surface area contributed by atoms with Gasteiger partial charge in [-0.25, -0.2) is 13.4 Å². The second-order valence-electron chi connectivity index (χ2n) is 17.6. The highest BCUT2D eigenvalue weighted by Gasteiger charge is 2.63. The van der Waals surface area contributed by atoms with Gasteiger partial charge < -0.3 is 19.1 Å². The van der Waals surface area contributed by atoms with Gasteiger partial charge in [-0.15, -0.1) is 0 Å². The first-order chi connectivity index (χ1) is 26.6.